The van der Waals surface area contributed by atoms with E-state index in [2.05, 4.69) is 6.92 Å². The zero-order chi connectivity index (χ0) is 18.0. The number of non-ortho nitro benzene ring substituents is 1. The zero-order valence-corrected chi connectivity index (χ0v) is 15.0. The van der Waals surface area contributed by atoms with Crippen LogP contribution in [0.25, 0.3) is 5.57 Å². The number of carbonyl (C=O) groups is 1. The van der Waals surface area contributed by atoms with Crippen LogP contribution in [0.1, 0.15) is 36.6 Å². The fourth-order valence-corrected chi connectivity index (χ4v) is 4.26. The van der Waals surface area contributed by atoms with Crippen molar-refractivity contribution in [2.75, 3.05) is 7.11 Å². The SMILES string of the molecule is CCCCC1=C(c2cccs2)C1(C(=O)OC)c1ccc([N+](=O)[O-])cc1. The number of nitro benzene ring substituents is 1. The van der Waals surface area contributed by atoms with Crippen LogP contribution < -0.4 is 0 Å². The lowest BCUT2D eigenvalue weighted by Gasteiger charge is -2.18. The Balaban J connectivity index is 2.08. The molecule has 25 heavy (non-hydrogen) atoms. The lowest BCUT2D eigenvalue weighted by molar-refractivity contribution is -0.384. The van der Waals surface area contributed by atoms with E-state index in [1.165, 1.54) is 19.2 Å². The maximum absolute atomic E-state index is 12.8. The molecule has 1 aromatic heterocycles. The van der Waals surface area contributed by atoms with Crippen molar-refractivity contribution in [2.24, 2.45) is 0 Å². The van der Waals surface area contributed by atoms with Crippen LogP contribution in [0, 0.1) is 10.1 Å². The Morgan fingerprint density at radius 1 is 1.28 bits per heavy atom. The molecule has 0 bridgehead atoms. The summed E-state index contributed by atoms with van der Waals surface area (Å²) in [5.41, 5.74) is 1.91. The molecule has 1 aliphatic carbocycles. The van der Waals surface area contributed by atoms with Gasteiger partial charge in [-0.15, -0.1) is 11.3 Å². The molecule has 0 amide bonds. The van der Waals surface area contributed by atoms with E-state index in [9.17, 15) is 14.9 Å². The summed E-state index contributed by atoms with van der Waals surface area (Å²) in [5, 5.41) is 12.9. The van der Waals surface area contributed by atoms with Crippen molar-refractivity contribution in [3.05, 3.63) is 67.9 Å². The highest BCUT2D eigenvalue weighted by Crippen LogP contribution is 2.63. The van der Waals surface area contributed by atoms with Crippen molar-refractivity contribution in [2.45, 2.75) is 31.6 Å². The van der Waals surface area contributed by atoms with Gasteiger partial charge >= 0.3 is 5.97 Å². The molecular formula is C19H19NO4S. The molecule has 0 saturated carbocycles. The number of hydrogen-bond donors (Lipinski definition) is 0. The summed E-state index contributed by atoms with van der Waals surface area (Å²) in [6.45, 7) is 2.11. The number of ether oxygens (including phenoxy) is 1. The van der Waals surface area contributed by atoms with Gasteiger partial charge in [0.2, 0.25) is 0 Å². The first kappa shape index (κ1) is 17.4. The molecule has 1 atom stereocenters. The number of benzene rings is 1. The highest BCUT2D eigenvalue weighted by atomic mass is 32.1. The molecule has 6 heteroatoms. The summed E-state index contributed by atoms with van der Waals surface area (Å²) >= 11 is 1.59. The van der Waals surface area contributed by atoms with Gasteiger partial charge in [-0.05, 0) is 41.0 Å². The fourth-order valence-electron chi connectivity index (χ4n) is 3.40. The van der Waals surface area contributed by atoms with Gasteiger partial charge in [0.25, 0.3) is 5.69 Å². The van der Waals surface area contributed by atoms with E-state index < -0.39 is 10.3 Å². The third-order valence-corrected chi connectivity index (χ3v) is 5.50. The number of carbonyl (C=O) groups excluding carboxylic acids is 1. The van der Waals surface area contributed by atoms with Gasteiger partial charge in [-0.2, -0.15) is 0 Å². The highest BCUT2D eigenvalue weighted by Gasteiger charge is 2.61. The second-order valence-electron chi connectivity index (χ2n) is 5.98. The molecule has 5 nitrogen and oxygen atoms in total. The van der Waals surface area contributed by atoms with Crippen molar-refractivity contribution in [1.82, 2.24) is 0 Å². The van der Waals surface area contributed by atoms with Crippen molar-refractivity contribution in [3.63, 3.8) is 0 Å². The topological polar surface area (TPSA) is 69.4 Å². The van der Waals surface area contributed by atoms with Gasteiger partial charge in [-0.3, -0.25) is 14.9 Å². The monoisotopic (exact) mass is 357 g/mol. The Labute approximate surface area is 150 Å². The van der Waals surface area contributed by atoms with E-state index in [0.717, 1.165) is 40.8 Å². The smallest absolute Gasteiger partial charge is 0.325 e. The maximum Gasteiger partial charge on any atom is 0.325 e. The first-order valence-corrected chi connectivity index (χ1v) is 9.06. The normalized spacial score (nSPS) is 19.0. The Morgan fingerprint density at radius 2 is 2.00 bits per heavy atom. The molecular weight excluding hydrogens is 338 g/mol. The summed E-state index contributed by atoms with van der Waals surface area (Å²) in [6.07, 6.45) is 2.82. The number of esters is 1. The summed E-state index contributed by atoms with van der Waals surface area (Å²) in [7, 11) is 1.39. The molecule has 130 valence electrons. The second-order valence-corrected chi connectivity index (χ2v) is 6.93. The lowest BCUT2D eigenvalue weighted by Crippen LogP contribution is -2.27. The number of rotatable bonds is 7. The van der Waals surface area contributed by atoms with Gasteiger partial charge in [0.05, 0.1) is 12.0 Å². The van der Waals surface area contributed by atoms with Crippen molar-refractivity contribution >= 4 is 28.6 Å². The average molecular weight is 357 g/mol. The van der Waals surface area contributed by atoms with E-state index >= 15 is 0 Å². The van der Waals surface area contributed by atoms with Crippen LogP contribution in [-0.4, -0.2) is 18.0 Å². The largest absolute Gasteiger partial charge is 0.468 e. The summed E-state index contributed by atoms with van der Waals surface area (Å²) in [4.78, 5) is 24.3. The minimum atomic E-state index is -0.899. The van der Waals surface area contributed by atoms with E-state index in [1.54, 1.807) is 23.5 Å². The quantitative estimate of drug-likeness (QED) is 0.408. The first-order valence-electron chi connectivity index (χ1n) is 8.18. The van der Waals surface area contributed by atoms with Crippen LogP contribution in [0.4, 0.5) is 5.69 Å². The van der Waals surface area contributed by atoms with Crippen LogP contribution in [0.3, 0.4) is 0 Å². The molecule has 0 N–H and O–H groups in total. The van der Waals surface area contributed by atoms with Crippen LogP contribution in [-0.2, 0) is 14.9 Å². The van der Waals surface area contributed by atoms with Crippen molar-refractivity contribution in [1.29, 1.82) is 0 Å². The molecule has 0 saturated heterocycles. The Kier molecular flexibility index (Phi) is 4.72. The standard InChI is InChI=1S/C19H19NO4S/c1-3-4-6-15-17(16-7-5-12-25-16)19(15,18(21)24-2)13-8-10-14(11-9-13)20(22)23/h5,7-12H,3-4,6H2,1-2H3. The number of hydrogen-bond acceptors (Lipinski definition) is 5. The number of thiophene rings is 1. The Hall–Kier alpha value is -2.47. The van der Waals surface area contributed by atoms with E-state index in [1.807, 2.05) is 17.5 Å². The number of nitro groups is 1. The number of nitrogens with zero attached hydrogens (tertiary/aromatic N) is 1. The van der Waals surface area contributed by atoms with Gasteiger partial charge in [0, 0.05) is 17.0 Å². The molecule has 2 aromatic rings. The highest BCUT2D eigenvalue weighted by molar-refractivity contribution is 7.11. The molecule has 1 heterocycles. The summed E-state index contributed by atoms with van der Waals surface area (Å²) in [5.74, 6) is -0.323. The van der Waals surface area contributed by atoms with Gasteiger partial charge < -0.3 is 4.74 Å². The summed E-state index contributed by atoms with van der Waals surface area (Å²) < 4.78 is 5.14. The van der Waals surface area contributed by atoms with Crippen molar-refractivity contribution in [3.8, 4) is 0 Å². The number of unbranched alkanes of at least 4 members (excludes halogenated alkanes) is 1. The van der Waals surface area contributed by atoms with Gasteiger partial charge in [-0.25, -0.2) is 0 Å². The number of methoxy groups -OCH3 is 1. The molecule has 1 aliphatic rings. The van der Waals surface area contributed by atoms with E-state index in [4.69, 9.17) is 4.74 Å². The van der Waals surface area contributed by atoms with Crippen LogP contribution in [0.2, 0.25) is 0 Å². The van der Waals surface area contributed by atoms with E-state index in [-0.39, 0.29) is 11.7 Å². The molecule has 1 unspecified atom stereocenters. The minimum Gasteiger partial charge on any atom is -0.468 e. The van der Waals surface area contributed by atoms with Crippen LogP contribution in [0.5, 0.6) is 0 Å². The maximum atomic E-state index is 12.8. The third kappa shape index (κ3) is 2.76. The summed E-state index contributed by atoms with van der Waals surface area (Å²) in [6, 6.07) is 10.2. The van der Waals surface area contributed by atoms with Gasteiger partial charge in [0.1, 0.15) is 5.41 Å². The van der Waals surface area contributed by atoms with Crippen LogP contribution in [0.15, 0.2) is 47.4 Å². The Morgan fingerprint density at radius 3 is 2.52 bits per heavy atom. The van der Waals surface area contributed by atoms with E-state index in [0.29, 0.717) is 0 Å². The average Bonchev–Trinajstić information content (AvgIpc) is 2.99. The molecule has 0 spiro atoms. The van der Waals surface area contributed by atoms with Crippen LogP contribution >= 0.6 is 11.3 Å². The zero-order valence-electron chi connectivity index (χ0n) is 14.2. The fraction of sp³-hybridized carbons (Fsp3) is 0.316. The third-order valence-electron chi connectivity index (χ3n) is 4.62. The Bertz CT molecular complexity index is 824. The van der Waals surface area contributed by atoms with Crippen molar-refractivity contribution < 1.29 is 14.5 Å². The molecule has 0 radical (unpaired) electrons. The second kappa shape index (κ2) is 6.80. The minimum absolute atomic E-state index is 0.0113. The predicted octanol–water partition coefficient (Wildman–Crippen LogP) is 4.72. The molecule has 0 aliphatic heterocycles. The predicted molar refractivity (Wildman–Crippen MR) is 97.6 cm³/mol. The molecule has 3 rings (SSSR count). The van der Waals surface area contributed by atoms with Gasteiger partial charge in [-0.1, -0.05) is 31.5 Å². The molecule has 1 aromatic carbocycles. The lowest BCUT2D eigenvalue weighted by atomic mass is 9.86. The van der Waals surface area contributed by atoms with Gasteiger partial charge in [0.15, 0.2) is 0 Å². The first-order chi connectivity index (χ1) is 12.1. The molecule has 0 fully saturated rings.